The highest BCUT2D eigenvalue weighted by atomic mass is 16.3. The lowest BCUT2D eigenvalue weighted by atomic mass is 9.71. The third-order valence-corrected chi connectivity index (χ3v) is 6.57. The maximum Gasteiger partial charge on any atom is 0.0681 e. The molecule has 0 spiro atoms. The Morgan fingerprint density at radius 3 is 2.16 bits per heavy atom. The van der Waals surface area contributed by atoms with E-state index in [1.807, 2.05) is 12.1 Å². The van der Waals surface area contributed by atoms with Crippen molar-refractivity contribution in [3.05, 3.63) is 70.3 Å². The molecule has 132 valence electrons. The molecule has 0 saturated heterocycles. The van der Waals surface area contributed by atoms with Gasteiger partial charge < -0.3 is 5.11 Å². The van der Waals surface area contributed by atoms with Gasteiger partial charge in [0.25, 0.3) is 0 Å². The van der Waals surface area contributed by atoms with Crippen LogP contribution in [-0.2, 0) is 17.4 Å². The standard InChI is InChI=1S/C24H30O/c1-16(13-18-7-9-19(15-25)10-8-18)20-11-12-21-22(14-20)24(5,6)17(2)23(21,3)4/h7-14,17,25H,15H2,1-6H3. The van der Waals surface area contributed by atoms with Crippen LogP contribution in [-0.4, -0.2) is 5.11 Å². The number of aliphatic hydroxyl groups is 1. The third-order valence-electron chi connectivity index (χ3n) is 6.57. The monoisotopic (exact) mass is 334 g/mol. The second-order valence-electron chi connectivity index (χ2n) is 8.65. The number of fused-ring (bicyclic) bond motifs is 1. The molecule has 1 heteroatoms. The number of hydrogen-bond acceptors (Lipinski definition) is 1. The first-order valence-electron chi connectivity index (χ1n) is 9.21. The number of rotatable bonds is 3. The molecule has 0 aromatic heterocycles. The lowest BCUT2D eigenvalue weighted by Gasteiger charge is -2.32. The molecule has 25 heavy (non-hydrogen) atoms. The molecule has 1 nitrogen and oxygen atoms in total. The van der Waals surface area contributed by atoms with Crippen molar-refractivity contribution in [1.29, 1.82) is 0 Å². The van der Waals surface area contributed by atoms with Crippen molar-refractivity contribution in [1.82, 2.24) is 0 Å². The predicted octanol–water partition coefficient (Wildman–Crippen LogP) is 5.94. The van der Waals surface area contributed by atoms with Crippen LogP contribution in [0.4, 0.5) is 0 Å². The van der Waals surface area contributed by atoms with Gasteiger partial charge in [-0.2, -0.15) is 0 Å². The molecule has 3 rings (SSSR count). The number of hydrogen-bond donors (Lipinski definition) is 1. The van der Waals surface area contributed by atoms with Crippen molar-refractivity contribution in [3.63, 3.8) is 0 Å². The Bertz CT molecular complexity index is 806. The van der Waals surface area contributed by atoms with Gasteiger partial charge in [-0.1, -0.05) is 83.2 Å². The molecular weight excluding hydrogens is 304 g/mol. The van der Waals surface area contributed by atoms with Crippen molar-refractivity contribution in [2.24, 2.45) is 5.92 Å². The molecule has 1 aliphatic rings. The summed E-state index contributed by atoms with van der Waals surface area (Å²) in [5.74, 6) is 0.612. The van der Waals surface area contributed by atoms with Crippen LogP contribution in [0.3, 0.4) is 0 Å². The van der Waals surface area contributed by atoms with Gasteiger partial charge in [-0.05, 0) is 57.1 Å². The molecule has 1 atom stereocenters. The van der Waals surface area contributed by atoms with E-state index in [0.717, 1.165) is 5.56 Å². The number of aliphatic hydroxyl groups excluding tert-OH is 1. The molecule has 0 amide bonds. The molecule has 1 N–H and O–H groups in total. The van der Waals surface area contributed by atoms with Crippen molar-refractivity contribution < 1.29 is 5.11 Å². The van der Waals surface area contributed by atoms with Gasteiger partial charge in [-0.15, -0.1) is 0 Å². The summed E-state index contributed by atoms with van der Waals surface area (Å²) in [7, 11) is 0. The van der Waals surface area contributed by atoms with Crippen molar-refractivity contribution in [2.45, 2.75) is 59.0 Å². The molecular formula is C24H30O. The highest BCUT2D eigenvalue weighted by Crippen LogP contribution is 2.53. The Morgan fingerprint density at radius 1 is 0.960 bits per heavy atom. The Morgan fingerprint density at radius 2 is 1.56 bits per heavy atom. The van der Waals surface area contributed by atoms with Crippen molar-refractivity contribution in [3.8, 4) is 0 Å². The molecule has 0 heterocycles. The van der Waals surface area contributed by atoms with Crippen LogP contribution in [0.5, 0.6) is 0 Å². The van der Waals surface area contributed by atoms with Crippen LogP contribution < -0.4 is 0 Å². The fraction of sp³-hybridized carbons (Fsp3) is 0.417. The zero-order chi connectivity index (χ0) is 18.4. The molecule has 0 radical (unpaired) electrons. The van der Waals surface area contributed by atoms with Crippen LogP contribution in [0, 0.1) is 5.92 Å². The molecule has 1 unspecified atom stereocenters. The summed E-state index contributed by atoms with van der Waals surface area (Å²) in [6.45, 7) is 14.1. The minimum Gasteiger partial charge on any atom is -0.392 e. The van der Waals surface area contributed by atoms with Gasteiger partial charge in [0.1, 0.15) is 0 Å². The summed E-state index contributed by atoms with van der Waals surface area (Å²) in [5, 5.41) is 9.18. The van der Waals surface area contributed by atoms with E-state index in [-0.39, 0.29) is 17.4 Å². The second kappa shape index (κ2) is 6.14. The fourth-order valence-electron chi connectivity index (χ4n) is 4.31. The molecule has 0 bridgehead atoms. The largest absolute Gasteiger partial charge is 0.392 e. The van der Waals surface area contributed by atoms with Gasteiger partial charge in [-0.25, -0.2) is 0 Å². The Kier molecular flexibility index (Phi) is 4.41. The van der Waals surface area contributed by atoms with E-state index < -0.39 is 0 Å². The highest BCUT2D eigenvalue weighted by molar-refractivity contribution is 5.81. The van der Waals surface area contributed by atoms with Gasteiger partial charge in [0, 0.05) is 0 Å². The van der Waals surface area contributed by atoms with E-state index in [9.17, 15) is 5.11 Å². The van der Waals surface area contributed by atoms with E-state index >= 15 is 0 Å². The average molecular weight is 335 g/mol. The van der Waals surface area contributed by atoms with Gasteiger partial charge in [0.15, 0.2) is 0 Å². The zero-order valence-corrected chi connectivity index (χ0v) is 16.4. The van der Waals surface area contributed by atoms with E-state index in [2.05, 4.69) is 78.0 Å². The zero-order valence-electron chi connectivity index (χ0n) is 16.4. The molecule has 0 aliphatic heterocycles. The Labute approximate surface area is 152 Å². The average Bonchev–Trinajstić information content (AvgIpc) is 2.73. The summed E-state index contributed by atoms with van der Waals surface area (Å²) in [6, 6.07) is 15.1. The van der Waals surface area contributed by atoms with Crippen LogP contribution in [0.2, 0.25) is 0 Å². The van der Waals surface area contributed by atoms with Gasteiger partial charge in [0.05, 0.1) is 6.61 Å². The normalized spacial score (nSPS) is 21.2. The lowest BCUT2D eigenvalue weighted by molar-refractivity contribution is 0.264. The molecule has 0 fully saturated rings. The SMILES string of the molecule is CC(=Cc1ccc(CO)cc1)c1ccc2c(c1)C(C)(C)C(C)C2(C)C. The first kappa shape index (κ1) is 17.9. The van der Waals surface area contributed by atoms with E-state index in [1.165, 1.54) is 27.8 Å². The second-order valence-corrected chi connectivity index (χ2v) is 8.65. The third kappa shape index (κ3) is 2.95. The molecule has 1 aliphatic carbocycles. The van der Waals surface area contributed by atoms with Crippen LogP contribution in [0.25, 0.3) is 11.6 Å². The number of benzene rings is 2. The summed E-state index contributed by atoms with van der Waals surface area (Å²) in [6.07, 6.45) is 2.22. The summed E-state index contributed by atoms with van der Waals surface area (Å²) < 4.78 is 0. The first-order valence-corrected chi connectivity index (χ1v) is 9.21. The first-order chi connectivity index (χ1) is 11.7. The fourth-order valence-corrected chi connectivity index (χ4v) is 4.31. The predicted molar refractivity (Wildman–Crippen MR) is 108 cm³/mol. The summed E-state index contributed by atoms with van der Waals surface area (Å²) >= 11 is 0. The van der Waals surface area contributed by atoms with E-state index in [0.29, 0.717) is 5.92 Å². The maximum absolute atomic E-state index is 9.18. The van der Waals surface area contributed by atoms with Gasteiger partial charge in [0.2, 0.25) is 0 Å². The summed E-state index contributed by atoms with van der Waals surface area (Å²) in [5.41, 5.74) is 8.08. The Hall–Kier alpha value is -1.86. The van der Waals surface area contributed by atoms with E-state index in [1.54, 1.807) is 0 Å². The summed E-state index contributed by atoms with van der Waals surface area (Å²) in [4.78, 5) is 0. The minimum atomic E-state index is 0.0941. The van der Waals surface area contributed by atoms with Gasteiger partial charge in [-0.3, -0.25) is 0 Å². The highest BCUT2D eigenvalue weighted by Gasteiger charge is 2.48. The molecule has 0 saturated carbocycles. The molecule has 2 aromatic carbocycles. The topological polar surface area (TPSA) is 20.2 Å². The maximum atomic E-state index is 9.18. The van der Waals surface area contributed by atoms with Crippen LogP contribution >= 0.6 is 0 Å². The lowest BCUT2D eigenvalue weighted by Crippen LogP contribution is -2.30. The smallest absolute Gasteiger partial charge is 0.0681 e. The van der Waals surface area contributed by atoms with Crippen molar-refractivity contribution >= 4 is 11.6 Å². The van der Waals surface area contributed by atoms with E-state index in [4.69, 9.17) is 0 Å². The Balaban J connectivity index is 1.99. The molecule has 2 aromatic rings. The van der Waals surface area contributed by atoms with Crippen molar-refractivity contribution in [2.75, 3.05) is 0 Å². The van der Waals surface area contributed by atoms with Crippen LogP contribution in [0.15, 0.2) is 42.5 Å². The van der Waals surface area contributed by atoms with Gasteiger partial charge >= 0.3 is 0 Å². The number of allylic oxidation sites excluding steroid dienone is 1. The van der Waals surface area contributed by atoms with Crippen LogP contribution in [0.1, 0.15) is 69.4 Å². The quantitative estimate of drug-likeness (QED) is 0.688. The minimum absolute atomic E-state index is 0.0941.